The zero-order valence-corrected chi connectivity index (χ0v) is 10.2. The van der Waals surface area contributed by atoms with Crippen LogP contribution in [0.25, 0.3) is 0 Å². The molecule has 1 aromatic rings. The monoisotopic (exact) mass is 255 g/mol. The molecule has 1 aliphatic rings. The topological polar surface area (TPSA) is 80.2 Å². The van der Waals surface area contributed by atoms with Crippen molar-refractivity contribution in [1.29, 1.82) is 0 Å². The highest BCUT2D eigenvalue weighted by Gasteiger charge is 2.16. The molecular formula is C12H17NO5. The molecule has 3 N–H and O–H groups in total. The molecule has 2 rings (SSSR count). The maximum atomic E-state index is 9.78. The molecule has 0 fully saturated rings. The van der Waals surface area contributed by atoms with Crippen LogP contribution >= 0.6 is 0 Å². The molecule has 0 bridgehead atoms. The van der Waals surface area contributed by atoms with E-state index in [9.17, 15) is 10.2 Å². The number of hydrogen-bond acceptors (Lipinski definition) is 6. The van der Waals surface area contributed by atoms with Crippen LogP contribution in [0.1, 0.15) is 5.56 Å². The number of nitrogens with one attached hydrogen (secondary N) is 1. The minimum atomic E-state index is -0.564. The molecule has 0 radical (unpaired) electrons. The Morgan fingerprint density at radius 2 is 2.11 bits per heavy atom. The van der Waals surface area contributed by atoms with Gasteiger partial charge in [0.25, 0.3) is 0 Å². The Hall–Kier alpha value is -1.50. The Morgan fingerprint density at radius 1 is 1.39 bits per heavy atom. The number of phenols is 1. The standard InChI is InChI=1S/C12H17NO5/c1-16-6-9(14)5-13-4-8-2-11-12(3-10(8)15)18-7-17-11/h2-3,9,13-15H,4-7H2,1H3. The third-order valence-corrected chi connectivity index (χ3v) is 2.63. The third kappa shape index (κ3) is 3.04. The van der Waals surface area contributed by atoms with Gasteiger partial charge in [-0.2, -0.15) is 0 Å². The molecule has 1 aliphatic heterocycles. The Balaban J connectivity index is 1.90. The molecule has 0 aromatic heterocycles. The second kappa shape index (κ2) is 5.90. The van der Waals surface area contributed by atoms with Crippen molar-refractivity contribution in [1.82, 2.24) is 5.32 Å². The molecule has 1 aromatic carbocycles. The smallest absolute Gasteiger partial charge is 0.231 e. The van der Waals surface area contributed by atoms with Crippen molar-refractivity contribution in [2.24, 2.45) is 0 Å². The summed E-state index contributed by atoms with van der Waals surface area (Å²) in [6, 6.07) is 3.26. The van der Waals surface area contributed by atoms with Gasteiger partial charge in [0.1, 0.15) is 5.75 Å². The average Bonchev–Trinajstić information content (AvgIpc) is 2.76. The lowest BCUT2D eigenvalue weighted by Gasteiger charge is -2.11. The predicted octanol–water partition coefficient (Wildman–Crippen LogP) is 0.218. The number of aliphatic hydroxyl groups excluding tert-OH is 1. The maximum absolute atomic E-state index is 9.78. The number of aromatic hydroxyl groups is 1. The van der Waals surface area contributed by atoms with Crippen molar-refractivity contribution < 1.29 is 24.4 Å². The minimum absolute atomic E-state index is 0.146. The van der Waals surface area contributed by atoms with Crippen molar-refractivity contribution in [2.45, 2.75) is 12.6 Å². The van der Waals surface area contributed by atoms with Gasteiger partial charge in [-0.05, 0) is 6.07 Å². The molecule has 0 saturated carbocycles. The molecular weight excluding hydrogens is 238 g/mol. The van der Waals surface area contributed by atoms with Gasteiger partial charge in [0.2, 0.25) is 6.79 Å². The quantitative estimate of drug-likeness (QED) is 0.674. The molecule has 0 spiro atoms. The zero-order chi connectivity index (χ0) is 13.0. The Kier molecular flexibility index (Phi) is 4.24. The summed E-state index contributed by atoms with van der Waals surface area (Å²) >= 11 is 0. The fraction of sp³-hybridized carbons (Fsp3) is 0.500. The second-order valence-electron chi connectivity index (χ2n) is 4.07. The van der Waals surface area contributed by atoms with Crippen molar-refractivity contribution >= 4 is 0 Å². The molecule has 18 heavy (non-hydrogen) atoms. The minimum Gasteiger partial charge on any atom is -0.507 e. The van der Waals surface area contributed by atoms with Crippen LogP contribution in [0.4, 0.5) is 0 Å². The van der Waals surface area contributed by atoms with Gasteiger partial charge in [0.15, 0.2) is 11.5 Å². The van der Waals surface area contributed by atoms with Gasteiger partial charge in [-0.1, -0.05) is 0 Å². The molecule has 6 heteroatoms. The van der Waals surface area contributed by atoms with E-state index < -0.39 is 6.10 Å². The van der Waals surface area contributed by atoms with Crippen molar-refractivity contribution in [2.75, 3.05) is 27.1 Å². The van der Waals surface area contributed by atoms with Gasteiger partial charge in [-0.3, -0.25) is 0 Å². The fourth-order valence-corrected chi connectivity index (χ4v) is 1.74. The number of hydrogen-bond donors (Lipinski definition) is 3. The highest BCUT2D eigenvalue weighted by atomic mass is 16.7. The van der Waals surface area contributed by atoms with Crippen molar-refractivity contribution in [3.8, 4) is 17.2 Å². The number of ether oxygens (including phenoxy) is 3. The van der Waals surface area contributed by atoms with Gasteiger partial charge >= 0.3 is 0 Å². The van der Waals surface area contributed by atoms with Crippen LogP contribution in [-0.2, 0) is 11.3 Å². The molecule has 1 atom stereocenters. The lowest BCUT2D eigenvalue weighted by Crippen LogP contribution is -2.29. The second-order valence-corrected chi connectivity index (χ2v) is 4.07. The van der Waals surface area contributed by atoms with Gasteiger partial charge in [0, 0.05) is 31.8 Å². The van der Waals surface area contributed by atoms with Gasteiger partial charge < -0.3 is 29.7 Å². The molecule has 0 aliphatic carbocycles. The first kappa shape index (κ1) is 12.9. The van der Waals surface area contributed by atoms with Gasteiger partial charge in [-0.25, -0.2) is 0 Å². The predicted molar refractivity (Wildman–Crippen MR) is 63.8 cm³/mol. The maximum Gasteiger partial charge on any atom is 0.231 e. The van der Waals surface area contributed by atoms with Crippen LogP contribution in [0.2, 0.25) is 0 Å². The first-order valence-corrected chi connectivity index (χ1v) is 5.70. The molecule has 0 saturated heterocycles. The highest BCUT2D eigenvalue weighted by Crippen LogP contribution is 2.37. The molecule has 1 heterocycles. The summed E-state index contributed by atoms with van der Waals surface area (Å²) < 4.78 is 15.2. The van der Waals surface area contributed by atoms with E-state index in [1.165, 1.54) is 13.2 Å². The summed E-state index contributed by atoms with van der Waals surface area (Å²) in [6.45, 7) is 1.28. The number of methoxy groups -OCH3 is 1. The van der Waals surface area contributed by atoms with Crippen LogP contribution in [0.15, 0.2) is 12.1 Å². The first-order valence-electron chi connectivity index (χ1n) is 5.70. The third-order valence-electron chi connectivity index (χ3n) is 2.63. The summed E-state index contributed by atoms with van der Waals surface area (Å²) in [5, 5.41) is 22.3. The summed E-state index contributed by atoms with van der Waals surface area (Å²) in [5.41, 5.74) is 0.698. The summed E-state index contributed by atoms with van der Waals surface area (Å²) in [6.07, 6.45) is -0.564. The summed E-state index contributed by atoms with van der Waals surface area (Å²) in [5.74, 6) is 1.32. The zero-order valence-electron chi connectivity index (χ0n) is 10.2. The number of benzene rings is 1. The van der Waals surface area contributed by atoms with E-state index >= 15 is 0 Å². The van der Waals surface area contributed by atoms with Crippen LogP contribution in [0.5, 0.6) is 17.2 Å². The number of fused-ring (bicyclic) bond motifs is 1. The van der Waals surface area contributed by atoms with E-state index in [-0.39, 0.29) is 19.1 Å². The SMILES string of the molecule is COCC(O)CNCc1cc2c(cc1O)OCO2. The van der Waals surface area contributed by atoms with Crippen LogP contribution in [-0.4, -0.2) is 43.4 Å². The van der Waals surface area contributed by atoms with E-state index in [0.717, 1.165) is 0 Å². The van der Waals surface area contributed by atoms with Crippen molar-refractivity contribution in [3.05, 3.63) is 17.7 Å². The first-order chi connectivity index (χ1) is 8.70. The number of phenolic OH excluding ortho intramolecular Hbond substituents is 1. The van der Waals surface area contributed by atoms with Crippen LogP contribution in [0, 0.1) is 0 Å². The van der Waals surface area contributed by atoms with Crippen molar-refractivity contribution in [3.63, 3.8) is 0 Å². The number of rotatable bonds is 6. The summed E-state index contributed by atoms with van der Waals surface area (Å²) in [4.78, 5) is 0. The van der Waals surface area contributed by atoms with E-state index in [1.807, 2.05) is 0 Å². The van der Waals surface area contributed by atoms with E-state index in [4.69, 9.17) is 14.2 Å². The van der Waals surface area contributed by atoms with Gasteiger partial charge in [0.05, 0.1) is 12.7 Å². The largest absolute Gasteiger partial charge is 0.507 e. The van der Waals surface area contributed by atoms with Crippen LogP contribution in [0.3, 0.4) is 0 Å². The van der Waals surface area contributed by atoms with Crippen LogP contribution < -0.4 is 14.8 Å². The Labute approximate surface area is 105 Å². The fourth-order valence-electron chi connectivity index (χ4n) is 1.74. The highest BCUT2D eigenvalue weighted by molar-refractivity contribution is 5.51. The normalized spacial score (nSPS) is 14.8. The van der Waals surface area contributed by atoms with E-state index in [2.05, 4.69) is 5.32 Å². The average molecular weight is 255 g/mol. The summed E-state index contributed by atoms with van der Waals surface area (Å²) in [7, 11) is 1.53. The van der Waals surface area contributed by atoms with E-state index in [0.29, 0.717) is 30.2 Å². The molecule has 6 nitrogen and oxygen atoms in total. The Morgan fingerprint density at radius 3 is 2.83 bits per heavy atom. The number of aliphatic hydroxyl groups is 1. The molecule has 100 valence electrons. The lowest BCUT2D eigenvalue weighted by molar-refractivity contribution is 0.0644. The molecule has 1 unspecified atom stereocenters. The van der Waals surface area contributed by atoms with Gasteiger partial charge in [-0.15, -0.1) is 0 Å². The lowest BCUT2D eigenvalue weighted by atomic mass is 10.1. The molecule has 0 amide bonds. The van der Waals surface area contributed by atoms with E-state index in [1.54, 1.807) is 6.07 Å². The Bertz CT molecular complexity index is 410.